The molecule has 0 saturated carbocycles. The van der Waals surface area contributed by atoms with E-state index in [0.717, 1.165) is 57.0 Å². The zero-order chi connectivity index (χ0) is 19.6. The van der Waals surface area contributed by atoms with Crippen LogP contribution in [0.2, 0.25) is 0 Å². The normalized spacial score (nSPS) is 14.7. The van der Waals surface area contributed by atoms with Gasteiger partial charge in [-0.1, -0.05) is 42.5 Å². The first-order valence-electron chi connectivity index (χ1n) is 10.4. The van der Waals surface area contributed by atoms with Crippen LogP contribution in [-0.4, -0.2) is 51.8 Å². The van der Waals surface area contributed by atoms with Crippen LogP contribution >= 0.6 is 0 Å². The van der Waals surface area contributed by atoms with Crippen molar-refractivity contribution in [2.24, 2.45) is 0 Å². The van der Waals surface area contributed by atoms with E-state index >= 15 is 0 Å². The number of ether oxygens (including phenoxy) is 1. The Kier molecular flexibility index (Phi) is 7.73. The first-order chi connectivity index (χ1) is 13.8. The number of rotatable bonds is 9. The molecule has 0 aromatic heterocycles. The van der Waals surface area contributed by atoms with Gasteiger partial charge in [-0.05, 0) is 37.5 Å². The van der Waals surface area contributed by atoms with Crippen LogP contribution in [0.3, 0.4) is 0 Å². The number of hydrogen-bond acceptors (Lipinski definition) is 3. The number of anilines is 1. The van der Waals surface area contributed by atoms with Gasteiger partial charge >= 0.3 is 0 Å². The van der Waals surface area contributed by atoms with Crippen molar-refractivity contribution in [3.8, 4) is 5.75 Å². The summed E-state index contributed by atoms with van der Waals surface area (Å²) in [6.07, 6.45) is 1.99. The predicted octanol–water partition coefficient (Wildman–Crippen LogP) is 1.54. The maximum atomic E-state index is 12.2. The molecule has 2 aromatic rings. The Bertz CT molecular complexity index is 728. The Morgan fingerprint density at radius 2 is 1.79 bits per heavy atom. The predicted molar refractivity (Wildman–Crippen MR) is 113 cm³/mol. The van der Waals surface area contributed by atoms with Crippen LogP contribution < -0.4 is 19.9 Å². The van der Waals surface area contributed by atoms with Gasteiger partial charge < -0.3 is 19.9 Å². The summed E-state index contributed by atoms with van der Waals surface area (Å²) in [5.41, 5.74) is 2.49. The van der Waals surface area contributed by atoms with E-state index in [1.54, 1.807) is 0 Å². The maximum absolute atomic E-state index is 12.2. The summed E-state index contributed by atoms with van der Waals surface area (Å²) in [5, 5.41) is 3.08. The molecule has 0 spiro atoms. The maximum Gasteiger partial charge on any atom is 0.275 e. The second kappa shape index (κ2) is 10.7. The minimum atomic E-state index is 0.159. The lowest BCUT2D eigenvalue weighted by Gasteiger charge is -2.34. The Morgan fingerprint density at radius 3 is 2.54 bits per heavy atom. The van der Waals surface area contributed by atoms with Crippen LogP contribution in [0, 0.1) is 0 Å². The molecule has 1 heterocycles. The second-order valence-corrected chi connectivity index (χ2v) is 7.25. The largest absolute Gasteiger partial charge is 0.492 e. The molecule has 1 saturated heterocycles. The highest BCUT2D eigenvalue weighted by Gasteiger charge is 2.23. The number of carbonyl (C=O) groups is 1. The van der Waals surface area contributed by atoms with Crippen LogP contribution in [0.1, 0.15) is 18.9 Å². The number of hydrogen-bond donors (Lipinski definition) is 2. The lowest BCUT2D eigenvalue weighted by molar-refractivity contribution is -0.892. The lowest BCUT2D eigenvalue weighted by atomic mass is 10.1. The van der Waals surface area contributed by atoms with E-state index in [1.165, 1.54) is 10.5 Å². The number of nitrogens with zero attached hydrogens (tertiary/aromatic N) is 1. The summed E-state index contributed by atoms with van der Waals surface area (Å²) in [7, 11) is 0. The minimum absolute atomic E-state index is 0.159. The second-order valence-electron chi connectivity index (χ2n) is 7.25. The van der Waals surface area contributed by atoms with Crippen LogP contribution in [0.25, 0.3) is 0 Å². The molecule has 0 bridgehead atoms. The summed E-state index contributed by atoms with van der Waals surface area (Å²) < 4.78 is 5.76. The zero-order valence-corrected chi connectivity index (χ0v) is 16.8. The van der Waals surface area contributed by atoms with Crippen LogP contribution in [-0.2, 0) is 11.2 Å². The van der Waals surface area contributed by atoms with Crippen molar-refractivity contribution in [1.82, 2.24) is 5.32 Å². The molecular weight excluding hydrogens is 350 g/mol. The van der Waals surface area contributed by atoms with Gasteiger partial charge in [-0.3, -0.25) is 4.79 Å². The van der Waals surface area contributed by atoms with Gasteiger partial charge in [0.1, 0.15) is 5.75 Å². The summed E-state index contributed by atoms with van der Waals surface area (Å²) in [6.45, 7) is 7.82. The number of benzene rings is 2. The molecule has 2 N–H and O–H groups in total. The first-order valence-corrected chi connectivity index (χ1v) is 10.4. The van der Waals surface area contributed by atoms with Crippen molar-refractivity contribution in [2.75, 3.05) is 50.8 Å². The molecule has 28 heavy (non-hydrogen) atoms. The summed E-state index contributed by atoms with van der Waals surface area (Å²) in [6, 6.07) is 18.6. The quantitative estimate of drug-likeness (QED) is 0.647. The molecule has 3 rings (SSSR count). The molecule has 0 radical (unpaired) electrons. The van der Waals surface area contributed by atoms with Crippen molar-refractivity contribution >= 4 is 11.6 Å². The zero-order valence-electron chi connectivity index (χ0n) is 16.8. The van der Waals surface area contributed by atoms with E-state index in [0.29, 0.717) is 13.2 Å². The summed E-state index contributed by atoms with van der Waals surface area (Å²) in [5.74, 6) is 1.11. The Labute approximate surface area is 168 Å². The number of para-hydroxylation sites is 2. The van der Waals surface area contributed by atoms with Gasteiger partial charge in [0, 0.05) is 6.54 Å². The fraction of sp³-hybridized carbons (Fsp3) is 0.435. The molecule has 5 nitrogen and oxygen atoms in total. The van der Waals surface area contributed by atoms with Crippen LogP contribution in [0.4, 0.5) is 5.69 Å². The lowest BCUT2D eigenvalue weighted by Crippen LogP contribution is -3.15. The Hall–Kier alpha value is -2.53. The fourth-order valence-electron chi connectivity index (χ4n) is 3.69. The van der Waals surface area contributed by atoms with Gasteiger partial charge in [0.05, 0.1) is 38.5 Å². The number of amides is 1. The number of aryl methyl sites for hydroxylation is 1. The van der Waals surface area contributed by atoms with E-state index in [4.69, 9.17) is 4.74 Å². The number of piperazine rings is 1. The van der Waals surface area contributed by atoms with Crippen molar-refractivity contribution < 1.29 is 14.4 Å². The molecule has 1 fully saturated rings. The molecular formula is C23H32N3O2+. The van der Waals surface area contributed by atoms with Gasteiger partial charge in [-0.25, -0.2) is 0 Å². The van der Waals surface area contributed by atoms with Crippen LogP contribution in [0.5, 0.6) is 5.75 Å². The monoisotopic (exact) mass is 382 g/mol. The van der Waals surface area contributed by atoms with Gasteiger partial charge in [0.15, 0.2) is 6.54 Å². The van der Waals surface area contributed by atoms with E-state index in [-0.39, 0.29) is 5.91 Å². The van der Waals surface area contributed by atoms with Crippen LogP contribution in [0.15, 0.2) is 54.6 Å². The Morgan fingerprint density at radius 1 is 1.07 bits per heavy atom. The third kappa shape index (κ3) is 5.99. The average Bonchev–Trinajstić information content (AvgIpc) is 2.73. The average molecular weight is 383 g/mol. The number of nitrogens with one attached hydrogen (secondary N) is 2. The SMILES string of the molecule is CCOc1ccccc1N1CC[NH+](CC(=O)NCCCc2ccccc2)CC1. The van der Waals surface area contributed by atoms with Gasteiger partial charge in [0.2, 0.25) is 0 Å². The molecule has 1 aliphatic heterocycles. The highest BCUT2D eigenvalue weighted by atomic mass is 16.5. The number of quaternary nitrogens is 1. The third-order valence-corrected chi connectivity index (χ3v) is 5.19. The van der Waals surface area contributed by atoms with Crippen molar-refractivity contribution in [3.63, 3.8) is 0 Å². The van der Waals surface area contributed by atoms with E-state index in [1.807, 2.05) is 25.1 Å². The highest BCUT2D eigenvalue weighted by Crippen LogP contribution is 2.27. The van der Waals surface area contributed by atoms with Gasteiger partial charge in [-0.15, -0.1) is 0 Å². The molecule has 0 atom stereocenters. The standard InChI is InChI=1S/C23H31N3O2/c1-2-28-22-13-7-6-12-21(22)26-17-15-25(16-18-26)19-23(27)24-14-8-11-20-9-4-3-5-10-20/h3-7,9-10,12-13H,2,8,11,14-19H2,1H3,(H,24,27)/p+1. The minimum Gasteiger partial charge on any atom is -0.492 e. The first kappa shape index (κ1) is 20.2. The smallest absolute Gasteiger partial charge is 0.275 e. The summed E-state index contributed by atoms with van der Waals surface area (Å²) in [4.78, 5) is 16.0. The summed E-state index contributed by atoms with van der Waals surface area (Å²) >= 11 is 0. The molecule has 0 aliphatic carbocycles. The molecule has 150 valence electrons. The van der Waals surface area contributed by atoms with Gasteiger partial charge in [-0.2, -0.15) is 0 Å². The van der Waals surface area contributed by atoms with E-state index in [2.05, 4.69) is 46.6 Å². The van der Waals surface area contributed by atoms with E-state index < -0.39 is 0 Å². The highest BCUT2D eigenvalue weighted by molar-refractivity contribution is 5.76. The topological polar surface area (TPSA) is 46.0 Å². The third-order valence-electron chi connectivity index (χ3n) is 5.19. The van der Waals surface area contributed by atoms with Gasteiger partial charge in [0.25, 0.3) is 5.91 Å². The molecule has 1 amide bonds. The van der Waals surface area contributed by atoms with Crippen molar-refractivity contribution in [1.29, 1.82) is 0 Å². The molecule has 0 unspecified atom stereocenters. The molecule has 5 heteroatoms. The molecule has 2 aromatic carbocycles. The molecule has 1 aliphatic rings. The van der Waals surface area contributed by atoms with Crippen molar-refractivity contribution in [3.05, 3.63) is 60.2 Å². The van der Waals surface area contributed by atoms with Crippen molar-refractivity contribution in [2.45, 2.75) is 19.8 Å². The Balaban J connectivity index is 1.36. The van der Waals surface area contributed by atoms with E-state index in [9.17, 15) is 4.79 Å². The fourth-order valence-corrected chi connectivity index (χ4v) is 3.69. The number of carbonyl (C=O) groups excluding carboxylic acids is 1.